The molecule has 1 amide bonds. The van der Waals surface area contributed by atoms with E-state index in [1.54, 1.807) is 20.8 Å². The van der Waals surface area contributed by atoms with Gasteiger partial charge in [0.15, 0.2) is 5.78 Å². The minimum absolute atomic E-state index is 0.00149. The minimum Gasteiger partial charge on any atom is -0.444 e. The molecule has 1 aliphatic rings. The lowest BCUT2D eigenvalue weighted by molar-refractivity contribution is -0.732. The van der Waals surface area contributed by atoms with Crippen LogP contribution in [0.1, 0.15) is 75.8 Å². The molecule has 2 heterocycles. The fraction of sp³-hybridized carbons (Fsp3) is 0.533. The van der Waals surface area contributed by atoms with Gasteiger partial charge in [0.05, 0.1) is 5.92 Å². The summed E-state index contributed by atoms with van der Waals surface area (Å²) < 4.78 is 17.1. The summed E-state index contributed by atoms with van der Waals surface area (Å²) in [7, 11) is 2.03. The van der Waals surface area contributed by atoms with Crippen molar-refractivity contribution in [1.82, 2.24) is 14.5 Å². The summed E-state index contributed by atoms with van der Waals surface area (Å²) in [5.74, 6) is 0.418. The van der Waals surface area contributed by atoms with Gasteiger partial charge in [-0.15, -0.1) is 0 Å². The molecule has 0 saturated carbocycles. The van der Waals surface area contributed by atoms with Crippen LogP contribution < -0.4 is 9.88 Å². The molecular weight excluding hydrogens is 496 g/mol. The van der Waals surface area contributed by atoms with Crippen molar-refractivity contribution in [3.05, 3.63) is 53.7 Å². The predicted molar refractivity (Wildman–Crippen MR) is 147 cm³/mol. The number of esters is 1. The molecule has 0 bridgehead atoms. The van der Waals surface area contributed by atoms with Crippen LogP contribution in [-0.2, 0) is 41.0 Å². The highest BCUT2D eigenvalue weighted by Crippen LogP contribution is 2.34. The first-order valence-corrected chi connectivity index (χ1v) is 13.7. The zero-order valence-corrected chi connectivity index (χ0v) is 24.2. The van der Waals surface area contributed by atoms with Gasteiger partial charge in [-0.05, 0) is 52.5 Å². The average molecular weight is 538 g/mol. The molecule has 39 heavy (non-hydrogen) atoms. The Morgan fingerprint density at radius 3 is 2.51 bits per heavy atom. The van der Waals surface area contributed by atoms with Crippen LogP contribution in [0.15, 0.2) is 36.7 Å². The number of carbonyl (C=O) groups excluding carboxylic acids is 3. The SMILES string of the molecule is CCC(CC)(NC(=O)OC(C)(C)C)C(=O)OC[n+]1ccn(CC2CCc3c(c4ccccc4n3C)C2=O)c1C. The molecule has 1 aromatic carbocycles. The molecule has 3 aromatic rings. The Bertz CT molecular complexity index is 1390. The monoisotopic (exact) mass is 537 g/mol. The van der Waals surface area contributed by atoms with Gasteiger partial charge < -0.3 is 19.4 Å². The van der Waals surface area contributed by atoms with Gasteiger partial charge in [0.2, 0.25) is 6.73 Å². The third-order valence-electron chi connectivity index (χ3n) is 7.92. The highest BCUT2D eigenvalue weighted by molar-refractivity contribution is 6.11. The maximum absolute atomic E-state index is 13.6. The van der Waals surface area contributed by atoms with Gasteiger partial charge >= 0.3 is 12.1 Å². The first kappa shape index (κ1) is 28.4. The number of para-hydroxylation sites is 1. The van der Waals surface area contributed by atoms with Crippen LogP contribution in [0.3, 0.4) is 0 Å². The number of fused-ring (bicyclic) bond motifs is 3. The van der Waals surface area contributed by atoms with E-state index < -0.39 is 23.2 Å². The van der Waals surface area contributed by atoms with Crippen molar-refractivity contribution in [3.63, 3.8) is 0 Å². The van der Waals surface area contributed by atoms with Crippen molar-refractivity contribution in [2.45, 2.75) is 91.6 Å². The van der Waals surface area contributed by atoms with Gasteiger partial charge in [0.25, 0.3) is 5.82 Å². The van der Waals surface area contributed by atoms with Crippen molar-refractivity contribution >= 4 is 28.7 Å². The normalized spacial score (nSPS) is 15.8. The van der Waals surface area contributed by atoms with Crippen molar-refractivity contribution in [1.29, 1.82) is 0 Å². The Kier molecular flexibility index (Phi) is 7.91. The van der Waals surface area contributed by atoms with Gasteiger partial charge in [-0.3, -0.25) is 4.79 Å². The van der Waals surface area contributed by atoms with Gasteiger partial charge in [-0.1, -0.05) is 32.0 Å². The highest BCUT2D eigenvalue weighted by atomic mass is 16.6. The van der Waals surface area contributed by atoms with E-state index in [9.17, 15) is 14.4 Å². The molecule has 4 rings (SSSR count). The van der Waals surface area contributed by atoms with E-state index in [0.717, 1.165) is 40.8 Å². The molecule has 0 spiro atoms. The van der Waals surface area contributed by atoms with Crippen molar-refractivity contribution in [3.8, 4) is 0 Å². The number of carbonyl (C=O) groups is 3. The lowest BCUT2D eigenvalue weighted by Gasteiger charge is -2.31. The smallest absolute Gasteiger partial charge is 0.408 e. The Labute approximate surface area is 230 Å². The van der Waals surface area contributed by atoms with E-state index in [1.807, 2.05) is 67.5 Å². The first-order valence-electron chi connectivity index (χ1n) is 13.7. The minimum atomic E-state index is -1.18. The molecule has 210 valence electrons. The van der Waals surface area contributed by atoms with Crippen LogP contribution in [-0.4, -0.2) is 38.1 Å². The molecule has 0 aliphatic heterocycles. The number of rotatable bonds is 8. The average Bonchev–Trinajstić information content (AvgIpc) is 3.38. The standard InChI is InChI=1S/C30H40N4O5/c1-8-30(9-2,31-28(37)39-29(4,5)6)27(36)38-19-34-17-16-33(20(34)3)18-21-14-15-24-25(26(21)35)22-12-10-11-13-23(22)32(24)7/h10-13,16-17,21H,8-9,14-15,18-19H2,1-7H3/p+1. The summed E-state index contributed by atoms with van der Waals surface area (Å²) in [6.07, 6.45) is 5.49. The third kappa shape index (κ3) is 5.58. The molecule has 0 saturated heterocycles. The quantitative estimate of drug-likeness (QED) is 0.335. The van der Waals surface area contributed by atoms with Crippen molar-refractivity contribution < 1.29 is 28.4 Å². The molecule has 1 aliphatic carbocycles. The number of nitrogens with zero attached hydrogens (tertiary/aromatic N) is 3. The van der Waals surface area contributed by atoms with E-state index >= 15 is 0 Å². The number of hydrogen-bond acceptors (Lipinski definition) is 5. The molecular formula is C30H41N4O5+. The van der Waals surface area contributed by atoms with Gasteiger partial charge in [-0.25, -0.2) is 14.2 Å². The lowest BCUT2D eigenvalue weighted by Crippen LogP contribution is -2.56. The van der Waals surface area contributed by atoms with E-state index in [4.69, 9.17) is 9.47 Å². The topological polar surface area (TPSA) is 95.4 Å². The van der Waals surface area contributed by atoms with Crippen molar-refractivity contribution in [2.24, 2.45) is 13.0 Å². The molecule has 1 unspecified atom stereocenters. The molecule has 0 radical (unpaired) electrons. The second-order valence-electron chi connectivity index (χ2n) is 11.4. The maximum atomic E-state index is 13.6. The fourth-order valence-electron chi connectivity index (χ4n) is 5.47. The van der Waals surface area contributed by atoms with Crippen molar-refractivity contribution in [2.75, 3.05) is 0 Å². The Hall–Kier alpha value is -3.62. The number of ketones is 1. The number of amides is 1. The molecule has 1 N–H and O–H groups in total. The summed E-state index contributed by atoms with van der Waals surface area (Å²) in [6.45, 7) is 11.5. The Balaban J connectivity index is 1.44. The summed E-state index contributed by atoms with van der Waals surface area (Å²) in [6, 6.07) is 8.07. The number of Topliss-reactive ketones (excluding diaryl/α,β-unsaturated/α-hetero) is 1. The molecule has 0 fully saturated rings. The molecule has 1 atom stereocenters. The second-order valence-corrected chi connectivity index (χ2v) is 11.4. The largest absolute Gasteiger partial charge is 0.444 e. The number of aryl methyl sites for hydroxylation is 1. The highest BCUT2D eigenvalue weighted by Gasteiger charge is 2.40. The number of hydrogen-bond donors (Lipinski definition) is 1. The molecule has 9 nitrogen and oxygen atoms in total. The van der Waals surface area contributed by atoms with Crippen LogP contribution >= 0.6 is 0 Å². The molecule has 2 aromatic heterocycles. The van der Waals surface area contributed by atoms with Gasteiger partial charge in [0, 0.05) is 36.1 Å². The fourth-order valence-corrected chi connectivity index (χ4v) is 5.47. The summed E-state index contributed by atoms with van der Waals surface area (Å²) in [4.78, 5) is 39.1. The van der Waals surface area contributed by atoms with Crippen LogP contribution in [0.2, 0.25) is 0 Å². The number of imidazole rings is 1. The first-order chi connectivity index (χ1) is 18.4. The Morgan fingerprint density at radius 1 is 1.15 bits per heavy atom. The molecule has 9 heteroatoms. The number of aromatic nitrogens is 3. The number of alkyl carbamates (subject to hydrolysis) is 1. The van der Waals surface area contributed by atoms with E-state index in [-0.39, 0.29) is 18.4 Å². The third-order valence-corrected chi connectivity index (χ3v) is 7.92. The van der Waals surface area contributed by atoms with E-state index in [2.05, 4.69) is 16.0 Å². The van der Waals surface area contributed by atoms with Crippen LogP contribution in [0.5, 0.6) is 0 Å². The summed E-state index contributed by atoms with van der Waals surface area (Å²) in [5, 5.41) is 3.75. The van der Waals surface area contributed by atoms with Crippen LogP contribution in [0.4, 0.5) is 4.79 Å². The maximum Gasteiger partial charge on any atom is 0.408 e. The van der Waals surface area contributed by atoms with Crippen LogP contribution in [0, 0.1) is 12.8 Å². The number of nitrogens with one attached hydrogen (secondary N) is 1. The van der Waals surface area contributed by atoms with Gasteiger partial charge in [-0.2, -0.15) is 4.57 Å². The Morgan fingerprint density at radius 2 is 1.85 bits per heavy atom. The number of ether oxygens (including phenoxy) is 2. The second kappa shape index (κ2) is 10.9. The summed E-state index contributed by atoms with van der Waals surface area (Å²) >= 11 is 0. The number of benzene rings is 1. The van der Waals surface area contributed by atoms with E-state index in [0.29, 0.717) is 19.4 Å². The van der Waals surface area contributed by atoms with E-state index in [1.165, 1.54) is 0 Å². The zero-order valence-electron chi connectivity index (χ0n) is 24.2. The summed E-state index contributed by atoms with van der Waals surface area (Å²) in [5.41, 5.74) is 1.20. The van der Waals surface area contributed by atoms with Gasteiger partial charge in [0.1, 0.15) is 30.1 Å². The lowest BCUT2D eigenvalue weighted by atomic mass is 9.85. The predicted octanol–water partition coefficient (Wildman–Crippen LogP) is 4.61. The zero-order chi connectivity index (χ0) is 28.5. The van der Waals surface area contributed by atoms with Crippen LogP contribution in [0.25, 0.3) is 10.9 Å².